The van der Waals surface area contributed by atoms with Crippen molar-refractivity contribution < 1.29 is 27.0 Å². The van der Waals surface area contributed by atoms with Gasteiger partial charge in [0.25, 0.3) is 0 Å². The standard InChI is InChI=1S/C21H22F4O2/c1-13-3-5-14(6-4-13)15-7-9-16(10-8-15)21(24,25)27-18-12-11-17(26-2)19(22)20(18)23/h7-14H,3-6H2,1-2H3. The third-order valence-corrected chi connectivity index (χ3v) is 5.20. The summed E-state index contributed by atoms with van der Waals surface area (Å²) < 4.78 is 65.6. The van der Waals surface area contributed by atoms with Crippen LogP contribution < -0.4 is 9.47 Å². The normalized spacial score (nSPS) is 20.4. The first-order valence-corrected chi connectivity index (χ1v) is 9.01. The van der Waals surface area contributed by atoms with Gasteiger partial charge in [0.1, 0.15) is 0 Å². The van der Waals surface area contributed by atoms with Gasteiger partial charge in [-0.15, -0.1) is 0 Å². The highest BCUT2D eigenvalue weighted by Gasteiger charge is 2.36. The maximum atomic E-state index is 14.4. The Labute approximate surface area is 156 Å². The number of hydrogen-bond donors (Lipinski definition) is 0. The molecule has 0 N–H and O–H groups in total. The molecule has 0 bridgehead atoms. The van der Waals surface area contributed by atoms with E-state index >= 15 is 0 Å². The second-order valence-electron chi connectivity index (χ2n) is 7.09. The van der Waals surface area contributed by atoms with E-state index in [1.165, 1.54) is 12.1 Å². The molecular weight excluding hydrogens is 360 g/mol. The molecule has 0 atom stereocenters. The second-order valence-corrected chi connectivity index (χ2v) is 7.09. The van der Waals surface area contributed by atoms with Crippen LogP contribution >= 0.6 is 0 Å². The van der Waals surface area contributed by atoms with Crippen LogP contribution in [0.25, 0.3) is 0 Å². The van der Waals surface area contributed by atoms with Gasteiger partial charge in [0.15, 0.2) is 11.5 Å². The molecule has 2 aromatic carbocycles. The SMILES string of the molecule is COc1ccc(OC(F)(F)c2ccc(C3CCC(C)CC3)cc2)c(F)c1F. The molecule has 0 amide bonds. The molecule has 6 heteroatoms. The number of rotatable bonds is 5. The van der Waals surface area contributed by atoms with Gasteiger partial charge in [-0.25, -0.2) is 0 Å². The molecule has 0 radical (unpaired) electrons. The van der Waals surface area contributed by atoms with E-state index in [0.29, 0.717) is 11.8 Å². The summed E-state index contributed by atoms with van der Waals surface area (Å²) in [6.07, 6.45) is 0.566. The van der Waals surface area contributed by atoms with Crippen LogP contribution in [-0.4, -0.2) is 7.11 Å². The predicted octanol–water partition coefficient (Wildman–Crippen LogP) is 6.40. The van der Waals surface area contributed by atoms with Crippen LogP contribution in [0, 0.1) is 17.6 Å². The van der Waals surface area contributed by atoms with Crippen molar-refractivity contribution in [1.82, 2.24) is 0 Å². The fourth-order valence-electron chi connectivity index (χ4n) is 3.49. The third kappa shape index (κ3) is 4.20. The van der Waals surface area contributed by atoms with Gasteiger partial charge in [-0.05, 0) is 54.5 Å². The summed E-state index contributed by atoms with van der Waals surface area (Å²) in [6, 6.07) is 7.85. The van der Waals surface area contributed by atoms with E-state index in [-0.39, 0.29) is 5.75 Å². The van der Waals surface area contributed by atoms with Crippen molar-refractivity contribution in [3.8, 4) is 11.5 Å². The van der Waals surface area contributed by atoms with Gasteiger partial charge < -0.3 is 9.47 Å². The Morgan fingerprint density at radius 1 is 0.852 bits per heavy atom. The lowest BCUT2D eigenvalue weighted by atomic mass is 9.79. The number of methoxy groups -OCH3 is 1. The number of halogens is 4. The molecule has 1 fully saturated rings. The lowest BCUT2D eigenvalue weighted by Gasteiger charge is -2.27. The Balaban J connectivity index is 1.76. The number of hydrogen-bond acceptors (Lipinski definition) is 2. The van der Waals surface area contributed by atoms with E-state index < -0.39 is 29.1 Å². The average molecular weight is 382 g/mol. The Morgan fingerprint density at radius 3 is 2.00 bits per heavy atom. The fraction of sp³-hybridized carbons (Fsp3) is 0.429. The van der Waals surface area contributed by atoms with Gasteiger partial charge in [-0.2, -0.15) is 17.6 Å². The van der Waals surface area contributed by atoms with Gasteiger partial charge in [0.05, 0.1) is 12.7 Å². The zero-order valence-corrected chi connectivity index (χ0v) is 15.3. The van der Waals surface area contributed by atoms with Gasteiger partial charge in [0, 0.05) is 0 Å². The Hall–Kier alpha value is -2.24. The highest BCUT2D eigenvalue weighted by Crippen LogP contribution is 2.38. The molecule has 2 nitrogen and oxygen atoms in total. The zero-order chi connectivity index (χ0) is 19.6. The van der Waals surface area contributed by atoms with Crippen LogP contribution in [0.2, 0.25) is 0 Å². The number of benzene rings is 2. The summed E-state index contributed by atoms with van der Waals surface area (Å²) in [5, 5.41) is 0. The first-order valence-electron chi connectivity index (χ1n) is 9.01. The second kappa shape index (κ2) is 7.79. The van der Waals surface area contributed by atoms with Crippen LogP contribution in [-0.2, 0) is 6.11 Å². The Bertz CT molecular complexity index is 782. The minimum Gasteiger partial charge on any atom is -0.494 e. The average Bonchev–Trinajstić information content (AvgIpc) is 2.66. The van der Waals surface area contributed by atoms with Crippen molar-refractivity contribution >= 4 is 0 Å². The van der Waals surface area contributed by atoms with E-state index in [1.54, 1.807) is 12.1 Å². The van der Waals surface area contributed by atoms with Crippen LogP contribution in [0.4, 0.5) is 17.6 Å². The summed E-state index contributed by atoms with van der Waals surface area (Å²) in [5.74, 6) is -3.05. The van der Waals surface area contributed by atoms with Gasteiger partial charge in [0.2, 0.25) is 11.6 Å². The molecule has 0 aromatic heterocycles. The largest absolute Gasteiger partial charge is 0.494 e. The number of ether oxygens (including phenoxy) is 2. The molecule has 0 saturated heterocycles. The molecule has 0 aliphatic heterocycles. The van der Waals surface area contributed by atoms with Crippen LogP contribution in [0.3, 0.4) is 0 Å². The Morgan fingerprint density at radius 2 is 1.41 bits per heavy atom. The van der Waals surface area contributed by atoms with Gasteiger partial charge >= 0.3 is 6.11 Å². The highest BCUT2D eigenvalue weighted by molar-refractivity contribution is 5.36. The van der Waals surface area contributed by atoms with Crippen LogP contribution in [0.5, 0.6) is 11.5 Å². The topological polar surface area (TPSA) is 18.5 Å². The molecule has 0 spiro atoms. The van der Waals surface area contributed by atoms with Crippen molar-refractivity contribution in [3.63, 3.8) is 0 Å². The molecular formula is C21H22F4O2. The minimum atomic E-state index is -3.79. The van der Waals surface area contributed by atoms with Gasteiger partial charge in [-0.1, -0.05) is 31.9 Å². The summed E-state index contributed by atoms with van der Waals surface area (Å²) in [6.45, 7) is 2.22. The molecule has 2 aromatic rings. The molecule has 146 valence electrons. The quantitative estimate of drug-likeness (QED) is 0.558. The third-order valence-electron chi connectivity index (χ3n) is 5.20. The number of alkyl halides is 2. The van der Waals surface area contributed by atoms with Crippen molar-refractivity contribution in [3.05, 3.63) is 59.2 Å². The predicted molar refractivity (Wildman–Crippen MR) is 94.2 cm³/mol. The lowest BCUT2D eigenvalue weighted by molar-refractivity contribution is -0.187. The molecule has 1 aliphatic carbocycles. The Kier molecular flexibility index (Phi) is 5.63. The van der Waals surface area contributed by atoms with E-state index in [9.17, 15) is 17.6 Å². The maximum absolute atomic E-state index is 14.4. The summed E-state index contributed by atoms with van der Waals surface area (Å²) >= 11 is 0. The molecule has 0 heterocycles. The monoisotopic (exact) mass is 382 g/mol. The van der Waals surface area contributed by atoms with Gasteiger partial charge in [-0.3, -0.25) is 0 Å². The molecule has 1 aliphatic rings. The van der Waals surface area contributed by atoms with E-state index in [4.69, 9.17) is 0 Å². The lowest BCUT2D eigenvalue weighted by Crippen LogP contribution is -2.23. The van der Waals surface area contributed by atoms with E-state index in [0.717, 1.165) is 50.5 Å². The summed E-state index contributed by atoms with van der Waals surface area (Å²) in [4.78, 5) is 0. The molecule has 0 unspecified atom stereocenters. The molecule has 3 rings (SSSR count). The van der Waals surface area contributed by atoms with Crippen molar-refractivity contribution in [2.45, 2.75) is 44.6 Å². The van der Waals surface area contributed by atoms with Crippen molar-refractivity contribution in [1.29, 1.82) is 0 Å². The van der Waals surface area contributed by atoms with E-state index in [1.807, 2.05) is 0 Å². The molecule has 27 heavy (non-hydrogen) atoms. The smallest absolute Gasteiger partial charge is 0.426 e. The van der Waals surface area contributed by atoms with Crippen LogP contribution in [0.1, 0.15) is 49.7 Å². The minimum absolute atomic E-state index is 0.373. The summed E-state index contributed by atoms with van der Waals surface area (Å²) in [7, 11) is 1.15. The highest BCUT2D eigenvalue weighted by atomic mass is 19.3. The fourth-order valence-corrected chi connectivity index (χ4v) is 3.49. The van der Waals surface area contributed by atoms with Crippen molar-refractivity contribution in [2.75, 3.05) is 7.11 Å². The first kappa shape index (κ1) is 19.5. The maximum Gasteiger partial charge on any atom is 0.426 e. The van der Waals surface area contributed by atoms with Crippen LogP contribution in [0.15, 0.2) is 36.4 Å². The zero-order valence-electron chi connectivity index (χ0n) is 15.3. The van der Waals surface area contributed by atoms with E-state index in [2.05, 4.69) is 16.4 Å². The van der Waals surface area contributed by atoms with Crippen molar-refractivity contribution in [2.24, 2.45) is 5.92 Å². The first-order chi connectivity index (χ1) is 12.8. The summed E-state index contributed by atoms with van der Waals surface area (Å²) in [5.41, 5.74) is 0.606. The molecule has 1 saturated carbocycles.